The highest BCUT2D eigenvalue weighted by molar-refractivity contribution is 6.46. The number of furan rings is 1. The predicted molar refractivity (Wildman–Crippen MR) is 136 cm³/mol. The minimum absolute atomic E-state index is 0.0296. The molecule has 188 valence electrons. The zero-order chi connectivity index (χ0) is 25.8. The molecular weight excluding hydrogens is 458 g/mol. The highest BCUT2D eigenvalue weighted by Gasteiger charge is 2.46. The van der Waals surface area contributed by atoms with E-state index in [-0.39, 0.29) is 17.9 Å². The summed E-state index contributed by atoms with van der Waals surface area (Å²) in [5.41, 5.74) is 2.89. The smallest absolute Gasteiger partial charge is 0.296 e. The number of aryl methyl sites for hydroxylation is 2. The highest BCUT2D eigenvalue weighted by Crippen LogP contribution is 2.43. The molecule has 1 N–H and O–H groups in total. The molecule has 0 saturated carbocycles. The number of carbonyl (C=O) groups excluding carboxylic acids is 2. The number of likely N-dealkylation sites (tertiary alicyclic amines) is 1. The molecule has 3 aromatic rings. The van der Waals surface area contributed by atoms with Crippen LogP contribution in [0.15, 0.2) is 64.8 Å². The van der Waals surface area contributed by atoms with Crippen molar-refractivity contribution in [2.45, 2.75) is 46.2 Å². The Morgan fingerprint density at radius 2 is 1.89 bits per heavy atom. The van der Waals surface area contributed by atoms with Crippen LogP contribution in [0.5, 0.6) is 11.5 Å². The van der Waals surface area contributed by atoms with Gasteiger partial charge >= 0.3 is 0 Å². The minimum Gasteiger partial charge on any atom is -0.507 e. The van der Waals surface area contributed by atoms with E-state index < -0.39 is 17.7 Å². The van der Waals surface area contributed by atoms with Crippen molar-refractivity contribution >= 4 is 17.4 Å². The van der Waals surface area contributed by atoms with Crippen molar-refractivity contribution in [3.63, 3.8) is 0 Å². The van der Waals surface area contributed by atoms with Crippen molar-refractivity contribution in [3.8, 4) is 11.5 Å². The van der Waals surface area contributed by atoms with E-state index in [2.05, 4.69) is 6.92 Å². The Kier molecular flexibility index (Phi) is 7.48. The number of methoxy groups -OCH3 is 1. The van der Waals surface area contributed by atoms with Crippen LogP contribution in [0.2, 0.25) is 0 Å². The summed E-state index contributed by atoms with van der Waals surface area (Å²) in [6.45, 7) is 6.47. The van der Waals surface area contributed by atoms with E-state index in [0.29, 0.717) is 35.0 Å². The maximum Gasteiger partial charge on any atom is 0.296 e. The molecule has 2 heterocycles. The fourth-order valence-electron chi connectivity index (χ4n) is 4.40. The molecule has 0 aliphatic carbocycles. The molecule has 1 aliphatic heterocycles. The number of hydrogen-bond donors (Lipinski definition) is 1. The number of amides is 1. The SMILES string of the molecule is CCCCOc1ccc(C2C(=C(O)c3cc(C)ccc3C)C(=O)C(=O)N2Cc2ccco2)cc1OC. The number of nitrogens with zero attached hydrogens (tertiary/aromatic N) is 1. The van der Waals surface area contributed by atoms with Gasteiger partial charge in [-0.05, 0) is 61.7 Å². The van der Waals surface area contributed by atoms with Gasteiger partial charge in [0.15, 0.2) is 11.5 Å². The number of unbranched alkanes of at least 4 members (excludes halogenated alkanes) is 1. The molecule has 4 rings (SSSR count). The van der Waals surface area contributed by atoms with Crippen LogP contribution in [0, 0.1) is 13.8 Å². The second-order valence-corrected chi connectivity index (χ2v) is 8.94. The van der Waals surface area contributed by atoms with Gasteiger partial charge in [0.2, 0.25) is 0 Å². The summed E-state index contributed by atoms with van der Waals surface area (Å²) >= 11 is 0. The summed E-state index contributed by atoms with van der Waals surface area (Å²) < 4.78 is 16.9. The van der Waals surface area contributed by atoms with Gasteiger partial charge in [0.1, 0.15) is 11.5 Å². The zero-order valence-electron chi connectivity index (χ0n) is 21.0. The standard InChI is InChI=1S/C29H31NO6/c1-5-6-13-36-23-12-11-20(16-24(23)34-4)26-25(27(31)22-15-18(2)9-10-19(22)3)28(32)29(33)30(26)17-21-8-7-14-35-21/h7-12,14-16,26,31H,5-6,13,17H2,1-4H3. The highest BCUT2D eigenvalue weighted by atomic mass is 16.5. The van der Waals surface area contributed by atoms with E-state index in [1.54, 1.807) is 37.4 Å². The summed E-state index contributed by atoms with van der Waals surface area (Å²) in [6, 6.07) is 13.6. The van der Waals surface area contributed by atoms with E-state index in [0.717, 1.165) is 24.0 Å². The second-order valence-electron chi connectivity index (χ2n) is 8.94. The van der Waals surface area contributed by atoms with Crippen molar-refractivity contribution in [1.82, 2.24) is 4.90 Å². The van der Waals surface area contributed by atoms with Gasteiger partial charge < -0.3 is 23.9 Å². The number of aliphatic hydroxyl groups is 1. The Labute approximate surface area is 210 Å². The first kappa shape index (κ1) is 25.1. The molecule has 36 heavy (non-hydrogen) atoms. The van der Waals surface area contributed by atoms with Crippen LogP contribution in [0.3, 0.4) is 0 Å². The molecule has 1 saturated heterocycles. The second kappa shape index (κ2) is 10.7. The first-order chi connectivity index (χ1) is 17.3. The van der Waals surface area contributed by atoms with Crippen LogP contribution in [-0.2, 0) is 16.1 Å². The molecule has 0 radical (unpaired) electrons. The summed E-state index contributed by atoms with van der Waals surface area (Å²) in [5, 5.41) is 11.4. The van der Waals surface area contributed by atoms with Gasteiger partial charge in [-0.1, -0.05) is 37.1 Å². The van der Waals surface area contributed by atoms with Gasteiger partial charge in [0.05, 0.1) is 38.1 Å². The maximum absolute atomic E-state index is 13.3. The third-order valence-corrected chi connectivity index (χ3v) is 6.35. The average Bonchev–Trinajstić information content (AvgIpc) is 3.48. The van der Waals surface area contributed by atoms with Gasteiger partial charge in [-0.3, -0.25) is 9.59 Å². The third-order valence-electron chi connectivity index (χ3n) is 6.35. The van der Waals surface area contributed by atoms with Crippen LogP contribution in [0.25, 0.3) is 5.76 Å². The number of Topliss-reactive ketones (excluding diaryl/α,β-unsaturated/α-hetero) is 1. The van der Waals surface area contributed by atoms with Crippen LogP contribution >= 0.6 is 0 Å². The van der Waals surface area contributed by atoms with Gasteiger partial charge in [0.25, 0.3) is 11.7 Å². The molecule has 1 unspecified atom stereocenters. The molecule has 2 aromatic carbocycles. The molecule has 1 aliphatic rings. The topological polar surface area (TPSA) is 89.2 Å². The van der Waals surface area contributed by atoms with E-state index in [9.17, 15) is 14.7 Å². The summed E-state index contributed by atoms with van der Waals surface area (Å²) in [6.07, 6.45) is 3.42. The lowest BCUT2D eigenvalue weighted by Gasteiger charge is -2.25. The number of benzene rings is 2. The molecule has 1 fully saturated rings. The van der Waals surface area contributed by atoms with Crippen LogP contribution in [0.4, 0.5) is 0 Å². The van der Waals surface area contributed by atoms with Crippen LogP contribution in [0.1, 0.15) is 53.8 Å². The van der Waals surface area contributed by atoms with Crippen molar-refractivity contribution < 1.29 is 28.6 Å². The van der Waals surface area contributed by atoms with Gasteiger partial charge in [-0.15, -0.1) is 0 Å². The number of ether oxygens (including phenoxy) is 2. The fourth-order valence-corrected chi connectivity index (χ4v) is 4.40. The third kappa shape index (κ3) is 4.87. The quantitative estimate of drug-likeness (QED) is 0.179. The first-order valence-corrected chi connectivity index (χ1v) is 12.0. The molecule has 0 spiro atoms. The van der Waals surface area contributed by atoms with Crippen LogP contribution < -0.4 is 9.47 Å². The Bertz CT molecular complexity index is 1290. The lowest BCUT2D eigenvalue weighted by molar-refractivity contribution is -0.140. The Hall–Kier alpha value is -4.00. The normalized spacial score (nSPS) is 17.0. The fraction of sp³-hybridized carbons (Fsp3) is 0.310. The predicted octanol–water partition coefficient (Wildman–Crippen LogP) is 5.71. The van der Waals surface area contributed by atoms with Gasteiger partial charge in [-0.2, -0.15) is 0 Å². The molecule has 7 heteroatoms. The maximum atomic E-state index is 13.3. The van der Waals surface area contributed by atoms with E-state index >= 15 is 0 Å². The van der Waals surface area contributed by atoms with Gasteiger partial charge in [0, 0.05) is 5.56 Å². The number of aliphatic hydroxyl groups excluding tert-OH is 1. The number of rotatable bonds is 9. The average molecular weight is 490 g/mol. The van der Waals surface area contributed by atoms with Crippen molar-refractivity contribution in [2.75, 3.05) is 13.7 Å². The lowest BCUT2D eigenvalue weighted by atomic mass is 9.93. The summed E-state index contributed by atoms with van der Waals surface area (Å²) in [7, 11) is 1.54. The van der Waals surface area contributed by atoms with Crippen molar-refractivity contribution in [2.24, 2.45) is 0 Å². The zero-order valence-corrected chi connectivity index (χ0v) is 21.0. The molecule has 0 bridgehead atoms. The van der Waals surface area contributed by atoms with E-state index in [1.807, 2.05) is 32.0 Å². The number of ketones is 1. The minimum atomic E-state index is -0.839. The van der Waals surface area contributed by atoms with E-state index in [1.165, 1.54) is 11.2 Å². The summed E-state index contributed by atoms with van der Waals surface area (Å²) in [5.74, 6) is -0.0623. The Morgan fingerprint density at radius 1 is 1.08 bits per heavy atom. The largest absolute Gasteiger partial charge is 0.507 e. The van der Waals surface area contributed by atoms with Gasteiger partial charge in [-0.25, -0.2) is 0 Å². The molecule has 1 aromatic heterocycles. The van der Waals surface area contributed by atoms with Crippen molar-refractivity contribution in [1.29, 1.82) is 0 Å². The Balaban J connectivity index is 1.86. The molecule has 1 amide bonds. The van der Waals surface area contributed by atoms with Crippen LogP contribution in [-0.4, -0.2) is 35.4 Å². The monoisotopic (exact) mass is 489 g/mol. The van der Waals surface area contributed by atoms with E-state index in [4.69, 9.17) is 13.9 Å². The first-order valence-electron chi connectivity index (χ1n) is 12.0. The summed E-state index contributed by atoms with van der Waals surface area (Å²) in [4.78, 5) is 28.0. The lowest BCUT2D eigenvalue weighted by Crippen LogP contribution is -2.29. The molecular formula is C29H31NO6. The Morgan fingerprint density at radius 3 is 2.58 bits per heavy atom. The van der Waals surface area contributed by atoms with Crippen molar-refractivity contribution in [3.05, 3.63) is 88.4 Å². The molecule has 7 nitrogen and oxygen atoms in total. The number of hydrogen-bond acceptors (Lipinski definition) is 6. The number of carbonyl (C=O) groups is 2. The molecule has 1 atom stereocenters.